The van der Waals surface area contributed by atoms with Gasteiger partial charge in [0.05, 0.1) is 12.7 Å². The van der Waals surface area contributed by atoms with Crippen molar-refractivity contribution < 1.29 is 4.74 Å². The Morgan fingerprint density at radius 2 is 1.76 bits per heavy atom. The molecule has 0 saturated heterocycles. The fourth-order valence-corrected chi connectivity index (χ4v) is 3.07. The third-order valence-electron chi connectivity index (χ3n) is 4.35. The largest absolute Gasteiger partial charge is 0.377 e. The summed E-state index contributed by atoms with van der Waals surface area (Å²) >= 11 is 0. The molecule has 1 aliphatic carbocycles. The van der Waals surface area contributed by atoms with E-state index in [1.54, 1.807) is 0 Å². The van der Waals surface area contributed by atoms with Gasteiger partial charge in [0.25, 0.3) is 0 Å². The fraction of sp³-hybridized carbons (Fsp3) is 1.00. The van der Waals surface area contributed by atoms with Gasteiger partial charge in [0, 0.05) is 6.04 Å². The van der Waals surface area contributed by atoms with Crippen LogP contribution >= 0.6 is 0 Å². The molecule has 17 heavy (non-hydrogen) atoms. The second-order valence-electron chi connectivity index (χ2n) is 6.15. The molecule has 4 atom stereocenters. The summed E-state index contributed by atoms with van der Waals surface area (Å²) in [6.45, 7) is 10.1. The molecule has 0 radical (unpaired) electrons. The number of nitrogens with one attached hydrogen (secondary N) is 1. The van der Waals surface area contributed by atoms with Gasteiger partial charge >= 0.3 is 0 Å². The maximum absolute atomic E-state index is 6.14. The quantitative estimate of drug-likeness (QED) is 0.769. The highest BCUT2D eigenvalue weighted by molar-refractivity contribution is 4.77. The van der Waals surface area contributed by atoms with Gasteiger partial charge in [0.1, 0.15) is 0 Å². The average molecular weight is 241 g/mol. The van der Waals surface area contributed by atoms with E-state index in [2.05, 4.69) is 33.0 Å². The number of rotatable bonds is 6. The third kappa shape index (κ3) is 4.97. The zero-order valence-electron chi connectivity index (χ0n) is 12.3. The molecule has 102 valence electrons. The zero-order valence-corrected chi connectivity index (χ0v) is 12.3. The van der Waals surface area contributed by atoms with Crippen LogP contribution in [-0.4, -0.2) is 25.8 Å². The summed E-state index contributed by atoms with van der Waals surface area (Å²) in [5.41, 5.74) is 0. The van der Waals surface area contributed by atoms with Gasteiger partial charge < -0.3 is 10.1 Å². The Morgan fingerprint density at radius 1 is 1.18 bits per heavy atom. The van der Waals surface area contributed by atoms with Gasteiger partial charge in [0.15, 0.2) is 0 Å². The predicted octanol–water partition coefficient (Wildman–Crippen LogP) is 3.46. The summed E-state index contributed by atoms with van der Waals surface area (Å²) < 4.78 is 6.14. The van der Waals surface area contributed by atoms with Crippen LogP contribution in [0, 0.1) is 17.8 Å². The summed E-state index contributed by atoms with van der Waals surface area (Å²) in [7, 11) is 2.05. The lowest BCUT2D eigenvalue weighted by atomic mass is 9.82. The van der Waals surface area contributed by atoms with E-state index in [-0.39, 0.29) is 0 Å². The maximum Gasteiger partial charge on any atom is 0.0625 e. The smallest absolute Gasteiger partial charge is 0.0625 e. The van der Waals surface area contributed by atoms with Crippen molar-refractivity contribution in [1.29, 1.82) is 0 Å². The molecule has 1 N–H and O–H groups in total. The van der Waals surface area contributed by atoms with Gasteiger partial charge in [-0.25, -0.2) is 0 Å². The monoisotopic (exact) mass is 241 g/mol. The van der Waals surface area contributed by atoms with E-state index < -0.39 is 0 Å². The highest BCUT2D eigenvalue weighted by Gasteiger charge is 2.25. The number of likely N-dealkylation sites (N-methyl/N-ethyl adjacent to an activating group) is 1. The van der Waals surface area contributed by atoms with E-state index in [1.807, 2.05) is 7.05 Å². The van der Waals surface area contributed by atoms with Gasteiger partial charge in [-0.2, -0.15) is 0 Å². The molecule has 0 spiro atoms. The van der Waals surface area contributed by atoms with Gasteiger partial charge in [-0.15, -0.1) is 0 Å². The first-order chi connectivity index (χ1) is 8.06. The zero-order chi connectivity index (χ0) is 12.8. The topological polar surface area (TPSA) is 21.3 Å². The molecule has 1 rings (SSSR count). The summed E-state index contributed by atoms with van der Waals surface area (Å²) in [6.07, 6.45) is 5.59. The predicted molar refractivity (Wildman–Crippen MR) is 74.2 cm³/mol. The number of ether oxygens (including phenoxy) is 1. The van der Waals surface area contributed by atoms with Gasteiger partial charge in [0.2, 0.25) is 0 Å². The van der Waals surface area contributed by atoms with E-state index in [4.69, 9.17) is 4.74 Å². The lowest BCUT2D eigenvalue weighted by molar-refractivity contribution is -0.0142. The highest BCUT2D eigenvalue weighted by atomic mass is 16.5. The molecule has 2 nitrogen and oxygen atoms in total. The van der Waals surface area contributed by atoms with Crippen LogP contribution in [-0.2, 0) is 4.74 Å². The van der Waals surface area contributed by atoms with Crippen LogP contribution < -0.4 is 5.32 Å². The molecule has 0 aromatic carbocycles. The molecule has 1 saturated carbocycles. The van der Waals surface area contributed by atoms with Crippen LogP contribution in [0.25, 0.3) is 0 Å². The molecule has 0 bridgehead atoms. The molecule has 0 aromatic rings. The van der Waals surface area contributed by atoms with Crippen LogP contribution in [0.2, 0.25) is 0 Å². The van der Waals surface area contributed by atoms with Crippen LogP contribution in [0.4, 0.5) is 0 Å². The molecule has 0 heterocycles. The first kappa shape index (κ1) is 15.0. The Bertz CT molecular complexity index is 197. The minimum Gasteiger partial charge on any atom is -0.377 e. The molecule has 0 amide bonds. The van der Waals surface area contributed by atoms with Gasteiger partial charge in [-0.05, 0) is 44.1 Å². The Hall–Kier alpha value is -0.0800. The first-order valence-electron chi connectivity index (χ1n) is 7.35. The van der Waals surface area contributed by atoms with E-state index in [1.165, 1.54) is 25.7 Å². The lowest BCUT2D eigenvalue weighted by Crippen LogP contribution is -2.38. The van der Waals surface area contributed by atoms with Crippen LogP contribution in [0.1, 0.15) is 53.4 Å². The van der Waals surface area contributed by atoms with E-state index >= 15 is 0 Å². The molecular formula is C15H31NO. The van der Waals surface area contributed by atoms with Crippen molar-refractivity contribution in [2.75, 3.05) is 13.7 Å². The number of hydrogen-bond donors (Lipinski definition) is 1. The first-order valence-corrected chi connectivity index (χ1v) is 7.35. The van der Waals surface area contributed by atoms with Gasteiger partial charge in [-0.1, -0.05) is 34.1 Å². The third-order valence-corrected chi connectivity index (χ3v) is 4.35. The van der Waals surface area contributed by atoms with Gasteiger partial charge in [-0.3, -0.25) is 0 Å². The lowest BCUT2D eigenvalue weighted by Gasteiger charge is -2.33. The Morgan fingerprint density at radius 3 is 2.24 bits per heavy atom. The second-order valence-corrected chi connectivity index (χ2v) is 6.15. The number of hydrogen-bond acceptors (Lipinski definition) is 2. The Kier molecular flexibility index (Phi) is 6.50. The van der Waals surface area contributed by atoms with Crippen molar-refractivity contribution >= 4 is 0 Å². The van der Waals surface area contributed by atoms with Crippen molar-refractivity contribution in [1.82, 2.24) is 5.32 Å². The fourth-order valence-electron chi connectivity index (χ4n) is 3.07. The molecule has 0 aliphatic heterocycles. The van der Waals surface area contributed by atoms with Crippen LogP contribution in [0.5, 0.6) is 0 Å². The van der Waals surface area contributed by atoms with Crippen molar-refractivity contribution in [2.45, 2.75) is 65.5 Å². The Labute approximate surface area is 108 Å². The average Bonchev–Trinajstić information content (AvgIpc) is 2.28. The van der Waals surface area contributed by atoms with Crippen molar-refractivity contribution in [3.8, 4) is 0 Å². The summed E-state index contributed by atoms with van der Waals surface area (Å²) in [5, 5.41) is 3.39. The summed E-state index contributed by atoms with van der Waals surface area (Å²) in [6, 6.07) is 0.507. The van der Waals surface area contributed by atoms with Crippen molar-refractivity contribution in [3.63, 3.8) is 0 Å². The van der Waals surface area contributed by atoms with E-state index in [0.717, 1.165) is 18.4 Å². The summed E-state index contributed by atoms with van der Waals surface area (Å²) in [4.78, 5) is 0. The molecule has 1 aliphatic rings. The minimum atomic E-state index is 0.494. The highest BCUT2D eigenvalue weighted by Crippen LogP contribution is 2.30. The molecule has 0 aromatic heterocycles. The SMILES string of the molecule is CCC(C)C(COC1CC(C)CC(C)C1)NC. The van der Waals surface area contributed by atoms with E-state index in [0.29, 0.717) is 18.1 Å². The van der Waals surface area contributed by atoms with Crippen molar-refractivity contribution in [2.24, 2.45) is 17.8 Å². The second kappa shape index (κ2) is 7.38. The Balaban J connectivity index is 2.33. The summed E-state index contributed by atoms with van der Waals surface area (Å²) in [5.74, 6) is 2.36. The van der Waals surface area contributed by atoms with Crippen molar-refractivity contribution in [3.05, 3.63) is 0 Å². The molecule has 4 unspecified atom stereocenters. The van der Waals surface area contributed by atoms with Crippen LogP contribution in [0.15, 0.2) is 0 Å². The molecule has 1 fully saturated rings. The standard InChI is InChI=1S/C15H31NO/c1-6-13(4)15(16-5)10-17-14-8-11(2)7-12(3)9-14/h11-16H,6-10H2,1-5H3. The molecule has 2 heteroatoms. The molecular weight excluding hydrogens is 210 g/mol. The minimum absolute atomic E-state index is 0.494. The van der Waals surface area contributed by atoms with Crippen LogP contribution in [0.3, 0.4) is 0 Å². The normalized spacial score (nSPS) is 33.4. The maximum atomic E-state index is 6.14. The van der Waals surface area contributed by atoms with E-state index in [9.17, 15) is 0 Å².